The van der Waals surface area contributed by atoms with E-state index in [0.717, 1.165) is 24.0 Å². The van der Waals surface area contributed by atoms with Crippen LogP contribution in [0, 0.1) is 6.92 Å². The molecule has 1 aromatic carbocycles. The zero-order valence-electron chi connectivity index (χ0n) is 12.1. The maximum absolute atomic E-state index is 6.06. The summed E-state index contributed by atoms with van der Waals surface area (Å²) < 4.78 is 7.59. The van der Waals surface area contributed by atoms with Gasteiger partial charge in [-0.15, -0.1) is 0 Å². The van der Waals surface area contributed by atoms with E-state index in [2.05, 4.69) is 19.7 Å². The van der Waals surface area contributed by atoms with E-state index < -0.39 is 0 Å². The number of imidazole rings is 1. The van der Waals surface area contributed by atoms with E-state index in [4.69, 9.17) is 16.1 Å². The number of aryl methyl sites for hydroxylation is 1. The Morgan fingerprint density at radius 1 is 1.32 bits per heavy atom. The third kappa shape index (κ3) is 2.31. The lowest BCUT2D eigenvalue weighted by atomic mass is 9.80. The van der Waals surface area contributed by atoms with E-state index >= 15 is 0 Å². The third-order valence-corrected chi connectivity index (χ3v) is 4.53. The van der Waals surface area contributed by atoms with Crippen LogP contribution in [0.2, 0.25) is 5.02 Å². The average molecular weight is 315 g/mol. The highest BCUT2D eigenvalue weighted by Gasteiger charge is 2.35. The molecule has 0 bridgehead atoms. The molecule has 2 aromatic heterocycles. The SMILES string of the molecule is Cc1ccc(Cl)cc1-c1noc(C2CC(n3ccnc3)C2)n1. The Labute approximate surface area is 132 Å². The standard InChI is InChI=1S/C16H15ClN4O/c1-10-2-3-12(17)8-14(10)15-19-16(22-20-15)11-6-13(7-11)21-5-4-18-9-21/h2-5,8-9,11,13H,6-7H2,1H3. The summed E-state index contributed by atoms with van der Waals surface area (Å²) in [4.78, 5) is 8.64. The van der Waals surface area contributed by atoms with Gasteiger partial charge in [0.05, 0.1) is 6.33 Å². The molecule has 22 heavy (non-hydrogen) atoms. The molecule has 1 aliphatic carbocycles. The van der Waals surface area contributed by atoms with E-state index in [-0.39, 0.29) is 0 Å². The Balaban J connectivity index is 1.52. The quantitative estimate of drug-likeness (QED) is 0.733. The normalized spacial score (nSPS) is 20.8. The highest BCUT2D eigenvalue weighted by Crippen LogP contribution is 2.44. The van der Waals surface area contributed by atoms with Crippen molar-refractivity contribution in [1.82, 2.24) is 19.7 Å². The lowest BCUT2D eigenvalue weighted by Gasteiger charge is -2.33. The number of hydrogen-bond acceptors (Lipinski definition) is 4. The van der Waals surface area contributed by atoms with Gasteiger partial charge < -0.3 is 9.09 Å². The zero-order chi connectivity index (χ0) is 15.1. The molecule has 1 saturated carbocycles. The predicted molar refractivity (Wildman–Crippen MR) is 82.7 cm³/mol. The van der Waals surface area contributed by atoms with E-state index in [1.54, 1.807) is 6.20 Å². The second kappa shape index (κ2) is 5.25. The lowest BCUT2D eigenvalue weighted by molar-refractivity contribution is 0.214. The molecule has 0 radical (unpaired) electrons. The molecule has 0 atom stereocenters. The van der Waals surface area contributed by atoms with Gasteiger partial charge in [-0.3, -0.25) is 0 Å². The van der Waals surface area contributed by atoms with Gasteiger partial charge in [0.15, 0.2) is 0 Å². The summed E-state index contributed by atoms with van der Waals surface area (Å²) in [6.07, 6.45) is 7.67. The summed E-state index contributed by atoms with van der Waals surface area (Å²) in [5, 5.41) is 4.79. The van der Waals surface area contributed by atoms with Crippen molar-refractivity contribution in [1.29, 1.82) is 0 Å². The fraction of sp³-hybridized carbons (Fsp3) is 0.312. The van der Waals surface area contributed by atoms with Gasteiger partial charge in [0, 0.05) is 34.9 Å². The van der Waals surface area contributed by atoms with Crippen molar-refractivity contribution < 1.29 is 4.52 Å². The van der Waals surface area contributed by atoms with Crippen molar-refractivity contribution in [2.24, 2.45) is 0 Å². The maximum atomic E-state index is 6.06. The third-order valence-electron chi connectivity index (χ3n) is 4.29. The molecule has 0 aliphatic heterocycles. The van der Waals surface area contributed by atoms with E-state index in [0.29, 0.717) is 28.7 Å². The molecule has 0 N–H and O–H groups in total. The molecule has 2 heterocycles. The van der Waals surface area contributed by atoms with Gasteiger partial charge in [-0.2, -0.15) is 4.98 Å². The van der Waals surface area contributed by atoms with Gasteiger partial charge in [-0.05, 0) is 37.5 Å². The molecule has 0 amide bonds. The van der Waals surface area contributed by atoms with Crippen LogP contribution in [0.4, 0.5) is 0 Å². The molecule has 3 aromatic rings. The van der Waals surface area contributed by atoms with Gasteiger partial charge in [0.25, 0.3) is 0 Å². The predicted octanol–water partition coefficient (Wildman–Crippen LogP) is 4.01. The molecule has 4 rings (SSSR count). The van der Waals surface area contributed by atoms with Crippen LogP contribution >= 0.6 is 11.6 Å². The van der Waals surface area contributed by atoms with Crippen LogP contribution in [-0.2, 0) is 0 Å². The molecule has 0 spiro atoms. The molecular formula is C16H15ClN4O. The van der Waals surface area contributed by atoms with Crippen molar-refractivity contribution in [3.63, 3.8) is 0 Å². The van der Waals surface area contributed by atoms with Crippen LogP contribution in [0.25, 0.3) is 11.4 Å². The molecule has 112 valence electrons. The number of rotatable bonds is 3. The Morgan fingerprint density at radius 3 is 2.95 bits per heavy atom. The van der Waals surface area contributed by atoms with Gasteiger partial charge in [-0.1, -0.05) is 22.8 Å². The number of nitrogens with zero attached hydrogens (tertiary/aromatic N) is 4. The smallest absolute Gasteiger partial charge is 0.230 e. The van der Waals surface area contributed by atoms with E-state index in [1.807, 2.05) is 37.6 Å². The minimum Gasteiger partial charge on any atom is -0.339 e. The largest absolute Gasteiger partial charge is 0.339 e. The summed E-state index contributed by atoms with van der Waals surface area (Å²) in [5.41, 5.74) is 2.01. The summed E-state index contributed by atoms with van der Waals surface area (Å²) in [6, 6.07) is 6.19. The topological polar surface area (TPSA) is 56.7 Å². The van der Waals surface area contributed by atoms with Gasteiger partial charge in [0.2, 0.25) is 11.7 Å². The first-order valence-electron chi connectivity index (χ1n) is 7.28. The van der Waals surface area contributed by atoms with Crippen LogP contribution in [0.1, 0.15) is 36.3 Å². The summed E-state index contributed by atoms with van der Waals surface area (Å²) in [7, 11) is 0. The Hall–Kier alpha value is -2.14. The fourth-order valence-electron chi connectivity index (χ4n) is 2.86. The van der Waals surface area contributed by atoms with Crippen molar-refractivity contribution >= 4 is 11.6 Å². The molecule has 0 unspecified atom stereocenters. The molecule has 1 aliphatic rings. The van der Waals surface area contributed by atoms with Crippen LogP contribution < -0.4 is 0 Å². The van der Waals surface area contributed by atoms with Gasteiger partial charge >= 0.3 is 0 Å². The van der Waals surface area contributed by atoms with Crippen LogP contribution in [-0.4, -0.2) is 19.7 Å². The molecular weight excluding hydrogens is 300 g/mol. The first kappa shape index (κ1) is 13.5. The van der Waals surface area contributed by atoms with Crippen molar-refractivity contribution in [2.45, 2.75) is 31.7 Å². The first-order chi connectivity index (χ1) is 10.7. The summed E-state index contributed by atoms with van der Waals surface area (Å²) in [5.74, 6) is 1.65. The first-order valence-corrected chi connectivity index (χ1v) is 7.66. The van der Waals surface area contributed by atoms with E-state index in [9.17, 15) is 0 Å². The minimum atomic E-state index is 0.327. The fourth-order valence-corrected chi connectivity index (χ4v) is 3.04. The Kier molecular flexibility index (Phi) is 3.22. The zero-order valence-corrected chi connectivity index (χ0v) is 12.9. The Bertz CT molecular complexity index is 790. The van der Waals surface area contributed by atoms with Crippen molar-refractivity contribution in [3.05, 3.63) is 53.4 Å². The monoisotopic (exact) mass is 314 g/mol. The van der Waals surface area contributed by atoms with Gasteiger partial charge in [-0.25, -0.2) is 4.98 Å². The second-order valence-electron chi connectivity index (χ2n) is 5.75. The summed E-state index contributed by atoms with van der Waals surface area (Å²) >= 11 is 6.06. The van der Waals surface area contributed by atoms with E-state index in [1.165, 1.54) is 0 Å². The number of benzene rings is 1. The highest BCUT2D eigenvalue weighted by atomic mass is 35.5. The Morgan fingerprint density at radius 2 is 2.18 bits per heavy atom. The minimum absolute atomic E-state index is 0.327. The molecule has 1 fully saturated rings. The number of hydrogen-bond donors (Lipinski definition) is 0. The summed E-state index contributed by atoms with van der Waals surface area (Å²) in [6.45, 7) is 2.01. The van der Waals surface area contributed by atoms with Crippen LogP contribution in [0.5, 0.6) is 0 Å². The molecule has 5 nitrogen and oxygen atoms in total. The van der Waals surface area contributed by atoms with Gasteiger partial charge in [0.1, 0.15) is 0 Å². The number of aromatic nitrogens is 4. The van der Waals surface area contributed by atoms with Crippen LogP contribution in [0.3, 0.4) is 0 Å². The molecule has 6 heteroatoms. The average Bonchev–Trinajstić information content (AvgIpc) is 3.12. The van der Waals surface area contributed by atoms with Crippen LogP contribution in [0.15, 0.2) is 41.4 Å². The lowest BCUT2D eigenvalue weighted by Crippen LogP contribution is -2.24. The maximum Gasteiger partial charge on any atom is 0.230 e. The van der Waals surface area contributed by atoms with Crippen molar-refractivity contribution in [2.75, 3.05) is 0 Å². The highest BCUT2D eigenvalue weighted by molar-refractivity contribution is 6.30. The second-order valence-corrected chi connectivity index (χ2v) is 6.18. The van der Waals surface area contributed by atoms with Crippen molar-refractivity contribution in [3.8, 4) is 11.4 Å². The number of halogens is 1. The molecule has 0 saturated heterocycles.